The van der Waals surface area contributed by atoms with Crippen LogP contribution in [0, 0.1) is 0 Å². The fraction of sp³-hybridized carbons (Fsp3) is 0.444. The van der Waals surface area contributed by atoms with E-state index in [-0.39, 0.29) is 12.3 Å². The lowest BCUT2D eigenvalue weighted by Crippen LogP contribution is -2.28. The van der Waals surface area contributed by atoms with E-state index in [4.69, 9.17) is 18.9 Å². The second-order valence-electron chi connectivity index (χ2n) is 8.68. The number of rotatable bonds is 10. The molecule has 0 radical (unpaired) electrons. The number of fused-ring (bicyclic) bond motifs is 1. The first-order chi connectivity index (χ1) is 16.6. The van der Waals surface area contributed by atoms with Gasteiger partial charge in [0.1, 0.15) is 24.7 Å². The van der Waals surface area contributed by atoms with Crippen LogP contribution in [0.1, 0.15) is 38.2 Å². The highest BCUT2D eigenvalue weighted by atomic mass is 16.6. The normalized spacial score (nSPS) is 17.4. The Labute approximate surface area is 201 Å². The molecule has 7 nitrogen and oxygen atoms in total. The van der Waals surface area contributed by atoms with E-state index in [9.17, 15) is 4.79 Å². The molecule has 2 aliphatic heterocycles. The van der Waals surface area contributed by atoms with Crippen LogP contribution in [0.5, 0.6) is 23.0 Å². The summed E-state index contributed by atoms with van der Waals surface area (Å²) >= 11 is 0. The van der Waals surface area contributed by atoms with E-state index in [1.807, 2.05) is 36.4 Å². The van der Waals surface area contributed by atoms with Crippen molar-refractivity contribution in [3.05, 3.63) is 59.9 Å². The number of likely N-dealkylation sites (tertiary alicyclic amines) is 1. The maximum Gasteiger partial charge on any atom is 0.227 e. The molecule has 1 N–H and O–H groups in total. The Morgan fingerprint density at radius 1 is 1.09 bits per heavy atom. The number of methoxy groups -OCH3 is 1. The molecule has 34 heavy (non-hydrogen) atoms. The van der Waals surface area contributed by atoms with Crippen molar-refractivity contribution in [2.75, 3.05) is 33.5 Å². The van der Waals surface area contributed by atoms with E-state index in [0.717, 1.165) is 47.9 Å². The van der Waals surface area contributed by atoms with Gasteiger partial charge in [0.15, 0.2) is 11.5 Å². The minimum Gasteiger partial charge on any atom is -0.497 e. The van der Waals surface area contributed by atoms with Gasteiger partial charge in [-0.25, -0.2) is 0 Å². The third-order valence-corrected chi connectivity index (χ3v) is 6.17. The molecule has 0 spiro atoms. The highest BCUT2D eigenvalue weighted by molar-refractivity contribution is 5.77. The van der Waals surface area contributed by atoms with Crippen LogP contribution in [0.2, 0.25) is 0 Å². The Kier molecular flexibility index (Phi) is 8.17. The summed E-state index contributed by atoms with van der Waals surface area (Å²) in [6.07, 6.45) is 6.29. The molecule has 0 aliphatic carbocycles. The van der Waals surface area contributed by atoms with Crippen LogP contribution in [0.15, 0.2) is 54.4 Å². The number of nitrogens with one attached hydrogen (secondary N) is 1. The summed E-state index contributed by atoms with van der Waals surface area (Å²) in [4.78, 5) is 15.0. The average Bonchev–Trinajstić information content (AvgIpc) is 3.27. The second-order valence-corrected chi connectivity index (χ2v) is 8.68. The Morgan fingerprint density at radius 2 is 1.85 bits per heavy atom. The van der Waals surface area contributed by atoms with Gasteiger partial charge < -0.3 is 29.2 Å². The Bertz CT molecular complexity index is 989. The van der Waals surface area contributed by atoms with Crippen LogP contribution in [-0.2, 0) is 11.2 Å². The molecular formula is C27H34N2O5. The Hall–Kier alpha value is -3.35. The first kappa shape index (κ1) is 23.8. The third kappa shape index (κ3) is 6.59. The SMILES string of the molecule is COc1ccc(OCCC(=O)N/C(=C/N2CCCC2C)CCc2ccc3c(c2)OCCO3)cc1. The topological polar surface area (TPSA) is 69.3 Å². The standard InChI is InChI=1S/C27H34N2O5/c1-20-4-3-14-29(20)19-22(7-5-21-6-12-25-26(18-21)34-17-16-33-25)28-27(30)13-15-32-24-10-8-23(31-2)9-11-24/h6,8-12,18-20H,3-5,7,13-17H2,1-2H3,(H,28,30)/b22-19+. The van der Waals surface area contributed by atoms with Crippen molar-refractivity contribution in [3.8, 4) is 23.0 Å². The molecule has 2 aliphatic rings. The number of amides is 1. The molecule has 1 atom stereocenters. The first-order valence-electron chi connectivity index (χ1n) is 12.0. The van der Waals surface area contributed by atoms with Crippen LogP contribution < -0.4 is 24.3 Å². The summed E-state index contributed by atoms with van der Waals surface area (Å²) in [7, 11) is 1.63. The van der Waals surface area contributed by atoms with E-state index in [1.54, 1.807) is 7.11 Å². The maximum atomic E-state index is 12.7. The van der Waals surface area contributed by atoms with Gasteiger partial charge in [-0.05, 0) is 74.6 Å². The van der Waals surface area contributed by atoms with Gasteiger partial charge in [0.2, 0.25) is 5.91 Å². The zero-order valence-electron chi connectivity index (χ0n) is 20.0. The van der Waals surface area contributed by atoms with Gasteiger partial charge in [-0.3, -0.25) is 4.79 Å². The number of aryl methyl sites for hydroxylation is 1. The predicted molar refractivity (Wildman–Crippen MR) is 130 cm³/mol. The number of nitrogens with zero attached hydrogens (tertiary/aromatic N) is 1. The molecular weight excluding hydrogens is 432 g/mol. The average molecular weight is 467 g/mol. The number of hydrogen-bond donors (Lipinski definition) is 1. The fourth-order valence-corrected chi connectivity index (χ4v) is 4.20. The van der Waals surface area contributed by atoms with Crippen LogP contribution in [-0.4, -0.2) is 50.3 Å². The van der Waals surface area contributed by atoms with Gasteiger partial charge in [-0.2, -0.15) is 0 Å². The molecule has 2 heterocycles. The van der Waals surface area contributed by atoms with E-state index < -0.39 is 0 Å². The number of ether oxygens (including phenoxy) is 4. The van der Waals surface area contributed by atoms with Gasteiger partial charge in [0, 0.05) is 24.5 Å². The van der Waals surface area contributed by atoms with Crippen molar-refractivity contribution in [2.24, 2.45) is 0 Å². The summed E-state index contributed by atoms with van der Waals surface area (Å²) in [6, 6.07) is 13.9. The molecule has 1 amide bonds. The quantitative estimate of drug-likeness (QED) is 0.563. The number of hydrogen-bond acceptors (Lipinski definition) is 6. The Balaban J connectivity index is 1.33. The van der Waals surface area contributed by atoms with Gasteiger partial charge in [-0.1, -0.05) is 6.07 Å². The molecule has 0 bridgehead atoms. The summed E-state index contributed by atoms with van der Waals surface area (Å²) in [5, 5.41) is 3.13. The minimum absolute atomic E-state index is 0.0474. The van der Waals surface area contributed by atoms with Gasteiger partial charge in [-0.15, -0.1) is 0 Å². The molecule has 1 fully saturated rings. The van der Waals surface area contributed by atoms with Crippen LogP contribution >= 0.6 is 0 Å². The molecule has 7 heteroatoms. The monoisotopic (exact) mass is 466 g/mol. The molecule has 1 saturated heterocycles. The predicted octanol–water partition coefficient (Wildman–Crippen LogP) is 4.31. The number of carbonyl (C=O) groups is 1. The number of carbonyl (C=O) groups excluding carboxylic acids is 1. The molecule has 2 aromatic rings. The first-order valence-corrected chi connectivity index (χ1v) is 12.0. The number of allylic oxidation sites excluding steroid dienone is 1. The lowest BCUT2D eigenvalue weighted by molar-refractivity contribution is -0.120. The fourth-order valence-electron chi connectivity index (χ4n) is 4.20. The second kappa shape index (κ2) is 11.7. The lowest BCUT2D eigenvalue weighted by atomic mass is 10.1. The van der Waals surface area contributed by atoms with Gasteiger partial charge >= 0.3 is 0 Å². The van der Waals surface area contributed by atoms with Crippen molar-refractivity contribution < 1.29 is 23.7 Å². The largest absolute Gasteiger partial charge is 0.497 e. The molecule has 182 valence electrons. The summed E-state index contributed by atoms with van der Waals surface area (Å²) in [5.41, 5.74) is 2.08. The van der Waals surface area contributed by atoms with Gasteiger partial charge in [0.05, 0.1) is 20.1 Å². The van der Waals surface area contributed by atoms with Crippen molar-refractivity contribution in [1.82, 2.24) is 10.2 Å². The smallest absolute Gasteiger partial charge is 0.227 e. The van der Waals surface area contributed by atoms with Crippen LogP contribution in [0.25, 0.3) is 0 Å². The highest BCUT2D eigenvalue weighted by Gasteiger charge is 2.19. The zero-order chi connectivity index (χ0) is 23.8. The molecule has 1 unspecified atom stereocenters. The minimum atomic E-state index is -0.0474. The zero-order valence-corrected chi connectivity index (χ0v) is 20.0. The summed E-state index contributed by atoms with van der Waals surface area (Å²) < 4.78 is 22.2. The number of benzene rings is 2. The Morgan fingerprint density at radius 3 is 2.59 bits per heavy atom. The molecule has 0 saturated carbocycles. The summed E-state index contributed by atoms with van der Waals surface area (Å²) in [5.74, 6) is 3.03. The van der Waals surface area contributed by atoms with E-state index >= 15 is 0 Å². The molecule has 4 rings (SSSR count). The molecule has 0 aromatic heterocycles. The van der Waals surface area contributed by atoms with Crippen molar-refractivity contribution >= 4 is 5.91 Å². The van der Waals surface area contributed by atoms with E-state index in [0.29, 0.717) is 31.6 Å². The molecule has 2 aromatic carbocycles. The summed E-state index contributed by atoms with van der Waals surface area (Å²) in [6.45, 7) is 4.72. The van der Waals surface area contributed by atoms with Crippen LogP contribution in [0.3, 0.4) is 0 Å². The van der Waals surface area contributed by atoms with Crippen molar-refractivity contribution in [3.63, 3.8) is 0 Å². The highest BCUT2D eigenvalue weighted by Crippen LogP contribution is 2.31. The van der Waals surface area contributed by atoms with E-state index in [1.165, 1.54) is 12.8 Å². The lowest BCUT2D eigenvalue weighted by Gasteiger charge is -2.22. The third-order valence-electron chi connectivity index (χ3n) is 6.17. The van der Waals surface area contributed by atoms with Gasteiger partial charge in [0.25, 0.3) is 0 Å². The van der Waals surface area contributed by atoms with E-state index in [2.05, 4.69) is 29.4 Å². The van der Waals surface area contributed by atoms with Crippen molar-refractivity contribution in [1.29, 1.82) is 0 Å². The maximum absolute atomic E-state index is 12.7. The van der Waals surface area contributed by atoms with Crippen molar-refractivity contribution in [2.45, 2.75) is 45.1 Å². The van der Waals surface area contributed by atoms with Crippen LogP contribution in [0.4, 0.5) is 0 Å².